The van der Waals surface area contributed by atoms with E-state index in [0.29, 0.717) is 5.69 Å². The molecule has 0 spiro atoms. The zero-order valence-corrected chi connectivity index (χ0v) is 9.09. The summed E-state index contributed by atoms with van der Waals surface area (Å²) in [7, 11) is 0. The van der Waals surface area contributed by atoms with Crippen LogP contribution in [-0.4, -0.2) is 15.9 Å². The first-order valence-electron chi connectivity index (χ1n) is 4.96. The highest BCUT2D eigenvalue weighted by atomic mass is 19.1. The van der Waals surface area contributed by atoms with Crippen molar-refractivity contribution in [1.82, 2.24) is 9.97 Å². The quantitative estimate of drug-likeness (QED) is 0.869. The summed E-state index contributed by atoms with van der Waals surface area (Å²) in [6.07, 6.45) is 4.17. The van der Waals surface area contributed by atoms with Crippen LogP contribution in [-0.2, 0) is 0 Å². The maximum absolute atomic E-state index is 13.3. The molecule has 0 bridgehead atoms. The van der Waals surface area contributed by atoms with Gasteiger partial charge in [0.05, 0.1) is 23.6 Å². The number of carbonyl (C=O) groups excluding carboxylic acids is 1. The fraction of sp³-hybridized carbons (Fsp3) is 0. The Balaban J connectivity index is 2.20. The van der Waals surface area contributed by atoms with Gasteiger partial charge in [-0.2, -0.15) is 5.26 Å². The SMILES string of the molecule is N#Cc1ccc(C(=O)Nc2cncnc2)cc1F. The Kier molecular flexibility index (Phi) is 3.25. The second kappa shape index (κ2) is 5.01. The molecule has 0 atom stereocenters. The fourth-order valence-electron chi connectivity index (χ4n) is 1.31. The fourth-order valence-corrected chi connectivity index (χ4v) is 1.31. The molecule has 6 heteroatoms. The molecular weight excluding hydrogens is 235 g/mol. The van der Waals surface area contributed by atoms with Crippen molar-refractivity contribution < 1.29 is 9.18 Å². The van der Waals surface area contributed by atoms with Crippen LogP contribution in [0.15, 0.2) is 36.9 Å². The highest BCUT2D eigenvalue weighted by molar-refractivity contribution is 6.04. The van der Waals surface area contributed by atoms with Gasteiger partial charge in [-0.1, -0.05) is 0 Å². The van der Waals surface area contributed by atoms with E-state index >= 15 is 0 Å². The van der Waals surface area contributed by atoms with E-state index in [9.17, 15) is 9.18 Å². The van der Waals surface area contributed by atoms with E-state index in [1.165, 1.54) is 30.9 Å². The minimum Gasteiger partial charge on any atom is -0.319 e. The Morgan fingerprint density at radius 1 is 1.33 bits per heavy atom. The lowest BCUT2D eigenvalue weighted by Crippen LogP contribution is -2.12. The molecule has 2 rings (SSSR count). The van der Waals surface area contributed by atoms with Crippen molar-refractivity contribution in [2.24, 2.45) is 0 Å². The Morgan fingerprint density at radius 3 is 2.67 bits per heavy atom. The topological polar surface area (TPSA) is 78.7 Å². The van der Waals surface area contributed by atoms with Gasteiger partial charge in [0.2, 0.25) is 0 Å². The number of hydrogen-bond acceptors (Lipinski definition) is 4. The van der Waals surface area contributed by atoms with E-state index in [2.05, 4.69) is 15.3 Å². The van der Waals surface area contributed by atoms with E-state index in [1.807, 2.05) is 0 Å². The second-order valence-corrected chi connectivity index (χ2v) is 3.39. The van der Waals surface area contributed by atoms with Crippen LogP contribution < -0.4 is 5.32 Å². The molecule has 5 nitrogen and oxygen atoms in total. The molecule has 1 N–H and O–H groups in total. The van der Waals surface area contributed by atoms with Gasteiger partial charge in [0.15, 0.2) is 0 Å². The minimum absolute atomic E-state index is 0.102. The van der Waals surface area contributed by atoms with E-state index in [4.69, 9.17) is 5.26 Å². The number of anilines is 1. The number of benzene rings is 1. The summed E-state index contributed by atoms with van der Waals surface area (Å²) >= 11 is 0. The molecule has 0 aliphatic rings. The highest BCUT2D eigenvalue weighted by Crippen LogP contribution is 2.11. The number of halogens is 1. The summed E-state index contributed by atoms with van der Waals surface area (Å²) in [5, 5.41) is 11.1. The largest absolute Gasteiger partial charge is 0.319 e. The van der Waals surface area contributed by atoms with Gasteiger partial charge in [-0.15, -0.1) is 0 Å². The normalized spacial score (nSPS) is 9.56. The summed E-state index contributed by atoms with van der Waals surface area (Å²) < 4.78 is 13.3. The van der Waals surface area contributed by atoms with Crippen molar-refractivity contribution in [1.29, 1.82) is 5.26 Å². The molecule has 88 valence electrons. The van der Waals surface area contributed by atoms with Crippen LogP contribution in [0.3, 0.4) is 0 Å². The average Bonchev–Trinajstić information content (AvgIpc) is 2.39. The molecule has 2 aromatic rings. The molecule has 0 saturated carbocycles. The lowest BCUT2D eigenvalue weighted by molar-refractivity contribution is 0.102. The number of hydrogen-bond donors (Lipinski definition) is 1. The molecular formula is C12H7FN4O. The molecule has 0 saturated heterocycles. The van der Waals surface area contributed by atoms with Gasteiger partial charge in [-0.25, -0.2) is 14.4 Å². The number of rotatable bonds is 2. The lowest BCUT2D eigenvalue weighted by atomic mass is 10.1. The molecule has 1 aromatic heterocycles. The van der Waals surface area contributed by atoms with Gasteiger partial charge in [-0.05, 0) is 18.2 Å². The molecule has 1 amide bonds. The van der Waals surface area contributed by atoms with Crippen molar-refractivity contribution in [2.45, 2.75) is 0 Å². The van der Waals surface area contributed by atoms with Crippen LogP contribution in [0.25, 0.3) is 0 Å². The Morgan fingerprint density at radius 2 is 2.06 bits per heavy atom. The van der Waals surface area contributed by atoms with Gasteiger partial charge >= 0.3 is 0 Å². The summed E-state index contributed by atoms with van der Waals surface area (Å²) in [5.41, 5.74) is 0.428. The molecule has 0 aliphatic heterocycles. The van der Waals surface area contributed by atoms with Crippen molar-refractivity contribution >= 4 is 11.6 Å². The Hall–Kier alpha value is -2.81. The molecule has 0 fully saturated rings. The molecule has 18 heavy (non-hydrogen) atoms. The van der Waals surface area contributed by atoms with E-state index in [1.54, 1.807) is 6.07 Å². The number of amides is 1. The third kappa shape index (κ3) is 2.47. The third-order valence-corrected chi connectivity index (χ3v) is 2.17. The van der Waals surface area contributed by atoms with Gasteiger partial charge in [-0.3, -0.25) is 4.79 Å². The summed E-state index contributed by atoms with van der Waals surface area (Å²) in [6, 6.07) is 5.33. The monoisotopic (exact) mass is 242 g/mol. The molecule has 0 aliphatic carbocycles. The first-order valence-corrected chi connectivity index (χ1v) is 4.96. The van der Waals surface area contributed by atoms with Crippen molar-refractivity contribution in [3.63, 3.8) is 0 Å². The standard InChI is InChI=1S/C12H7FN4O/c13-11-3-8(1-2-9(11)4-14)12(18)17-10-5-15-7-16-6-10/h1-3,5-7H,(H,17,18). The molecule has 1 heterocycles. The van der Waals surface area contributed by atoms with Crippen LogP contribution in [0.5, 0.6) is 0 Å². The van der Waals surface area contributed by atoms with Crippen LogP contribution in [0.4, 0.5) is 10.1 Å². The number of carbonyl (C=O) groups is 1. The predicted octanol–water partition coefficient (Wildman–Crippen LogP) is 1.74. The summed E-state index contributed by atoms with van der Waals surface area (Å²) in [5.74, 6) is -1.22. The van der Waals surface area contributed by atoms with E-state index in [0.717, 1.165) is 6.07 Å². The van der Waals surface area contributed by atoms with Crippen LogP contribution in [0.1, 0.15) is 15.9 Å². The minimum atomic E-state index is -0.727. The zero-order chi connectivity index (χ0) is 13.0. The van der Waals surface area contributed by atoms with Gasteiger partial charge in [0.1, 0.15) is 18.2 Å². The van der Waals surface area contributed by atoms with Crippen molar-refractivity contribution in [2.75, 3.05) is 5.32 Å². The number of aromatic nitrogens is 2. The third-order valence-electron chi connectivity index (χ3n) is 2.17. The van der Waals surface area contributed by atoms with Gasteiger partial charge < -0.3 is 5.32 Å². The second-order valence-electron chi connectivity index (χ2n) is 3.39. The van der Waals surface area contributed by atoms with E-state index in [-0.39, 0.29) is 11.1 Å². The number of nitrogens with one attached hydrogen (secondary N) is 1. The first kappa shape index (κ1) is 11.7. The van der Waals surface area contributed by atoms with Crippen molar-refractivity contribution in [3.05, 3.63) is 53.9 Å². The predicted molar refractivity (Wildman–Crippen MR) is 61.1 cm³/mol. The number of nitrogens with zero attached hydrogens (tertiary/aromatic N) is 3. The first-order chi connectivity index (χ1) is 8.70. The summed E-state index contributed by atoms with van der Waals surface area (Å²) in [6.45, 7) is 0. The smallest absolute Gasteiger partial charge is 0.255 e. The Labute approximate surface area is 102 Å². The Bertz CT molecular complexity index is 622. The van der Waals surface area contributed by atoms with Crippen molar-refractivity contribution in [3.8, 4) is 6.07 Å². The molecule has 0 radical (unpaired) electrons. The van der Waals surface area contributed by atoms with Crippen LogP contribution in [0.2, 0.25) is 0 Å². The zero-order valence-electron chi connectivity index (χ0n) is 9.09. The number of nitriles is 1. The summed E-state index contributed by atoms with van der Waals surface area (Å²) in [4.78, 5) is 19.2. The van der Waals surface area contributed by atoms with Crippen LogP contribution in [0, 0.1) is 17.1 Å². The van der Waals surface area contributed by atoms with Crippen LogP contribution >= 0.6 is 0 Å². The lowest BCUT2D eigenvalue weighted by Gasteiger charge is -2.04. The highest BCUT2D eigenvalue weighted by Gasteiger charge is 2.09. The van der Waals surface area contributed by atoms with E-state index < -0.39 is 11.7 Å². The molecule has 0 unspecified atom stereocenters. The maximum atomic E-state index is 13.3. The van der Waals surface area contributed by atoms with Gasteiger partial charge in [0.25, 0.3) is 5.91 Å². The maximum Gasteiger partial charge on any atom is 0.255 e. The molecule has 1 aromatic carbocycles. The van der Waals surface area contributed by atoms with Gasteiger partial charge in [0, 0.05) is 5.56 Å². The average molecular weight is 242 g/mol.